The van der Waals surface area contributed by atoms with Gasteiger partial charge in [-0.3, -0.25) is 0 Å². The van der Waals surface area contributed by atoms with Crippen molar-refractivity contribution in [3.63, 3.8) is 0 Å². The molecule has 0 aliphatic rings. The van der Waals surface area contributed by atoms with Gasteiger partial charge >= 0.3 is 0 Å². The number of para-hydroxylation sites is 1. The highest BCUT2D eigenvalue weighted by Crippen LogP contribution is 2.23. The third-order valence-electron chi connectivity index (χ3n) is 3.60. The fourth-order valence-corrected chi connectivity index (χ4v) is 2.74. The molecule has 0 radical (unpaired) electrons. The highest BCUT2D eigenvalue weighted by Gasteiger charge is 2.13. The van der Waals surface area contributed by atoms with Crippen molar-refractivity contribution in [2.75, 3.05) is 0 Å². The Morgan fingerprint density at radius 3 is 2.27 bits per heavy atom. The molecule has 3 rings (SSSR count). The first-order valence-corrected chi connectivity index (χ1v) is 7.67. The molecule has 112 valence electrons. The molecule has 0 saturated carbocycles. The van der Waals surface area contributed by atoms with Crippen LogP contribution in [0.25, 0.3) is 5.69 Å². The fourth-order valence-electron chi connectivity index (χ4n) is 2.40. The van der Waals surface area contributed by atoms with Crippen LogP contribution in [0.15, 0.2) is 60.7 Å². The maximum atomic E-state index is 6.51. The molecule has 0 aliphatic carbocycles. The summed E-state index contributed by atoms with van der Waals surface area (Å²) in [5, 5.41) is 8.65. The van der Waals surface area contributed by atoms with Gasteiger partial charge in [0.1, 0.15) is 5.15 Å². The molecular weight excluding hydrogens is 294 g/mol. The molecule has 0 fully saturated rings. The second kappa shape index (κ2) is 6.77. The zero-order valence-corrected chi connectivity index (χ0v) is 13.2. The third kappa shape index (κ3) is 3.21. The SMILES string of the molecule is Cc1nn(-c2ccccc2)c(Cl)c1CNCc1ccccc1. The van der Waals surface area contributed by atoms with Gasteiger partial charge in [0.05, 0.1) is 11.4 Å². The Morgan fingerprint density at radius 1 is 0.955 bits per heavy atom. The van der Waals surface area contributed by atoms with Gasteiger partial charge in [-0.15, -0.1) is 0 Å². The third-order valence-corrected chi connectivity index (χ3v) is 3.98. The van der Waals surface area contributed by atoms with E-state index >= 15 is 0 Å². The van der Waals surface area contributed by atoms with Crippen molar-refractivity contribution in [1.82, 2.24) is 15.1 Å². The molecule has 1 N–H and O–H groups in total. The lowest BCUT2D eigenvalue weighted by molar-refractivity contribution is 0.691. The molecule has 2 aromatic carbocycles. The van der Waals surface area contributed by atoms with Crippen LogP contribution in [0.4, 0.5) is 0 Å². The number of hydrogen-bond acceptors (Lipinski definition) is 2. The number of nitrogens with one attached hydrogen (secondary N) is 1. The van der Waals surface area contributed by atoms with Crippen molar-refractivity contribution in [2.45, 2.75) is 20.0 Å². The first-order valence-electron chi connectivity index (χ1n) is 7.30. The van der Waals surface area contributed by atoms with Crippen LogP contribution >= 0.6 is 11.6 Å². The molecule has 1 heterocycles. The van der Waals surface area contributed by atoms with Crippen molar-refractivity contribution in [3.05, 3.63) is 82.6 Å². The topological polar surface area (TPSA) is 29.9 Å². The van der Waals surface area contributed by atoms with Crippen LogP contribution in [-0.4, -0.2) is 9.78 Å². The molecule has 0 aliphatic heterocycles. The van der Waals surface area contributed by atoms with E-state index in [1.807, 2.05) is 55.5 Å². The molecule has 0 unspecified atom stereocenters. The summed E-state index contributed by atoms with van der Waals surface area (Å²) in [4.78, 5) is 0. The number of benzene rings is 2. The fraction of sp³-hybridized carbons (Fsp3) is 0.167. The first kappa shape index (κ1) is 14.8. The van der Waals surface area contributed by atoms with Crippen molar-refractivity contribution in [2.24, 2.45) is 0 Å². The minimum Gasteiger partial charge on any atom is -0.308 e. The van der Waals surface area contributed by atoms with Gasteiger partial charge in [-0.25, -0.2) is 4.68 Å². The number of aryl methyl sites for hydroxylation is 1. The summed E-state index contributed by atoms with van der Waals surface area (Å²) in [6.45, 7) is 3.50. The lowest BCUT2D eigenvalue weighted by atomic mass is 10.2. The zero-order valence-electron chi connectivity index (χ0n) is 12.5. The summed E-state index contributed by atoms with van der Waals surface area (Å²) in [5.41, 5.74) is 4.23. The van der Waals surface area contributed by atoms with Crippen molar-refractivity contribution < 1.29 is 0 Å². The summed E-state index contributed by atoms with van der Waals surface area (Å²) in [6, 6.07) is 20.3. The van der Waals surface area contributed by atoms with Crippen molar-refractivity contribution in [1.29, 1.82) is 0 Å². The van der Waals surface area contributed by atoms with Crippen molar-refractivity contribution in [3.8, 4) is 5.69 Å². The van der Waals surface area contributed by atoms with Gasteiger partial charge in [0, 0.05) is 18.7 Å². The van der Waals surface area contributed by atoms with Gasteiger partial charge in [-0.05, 0) is 24.6 Å². The number of aromatic nitrogens is 2. The summed E-state index contributed by atoms with van der Waals surface area (Å²) in [7, 11) is 0. The molecule has 22 heavy (non-hydrogen) atoms. The quantitative estimate of drug-likeness (QED) is 0.768. The minimum absolute atomic E-state index is 0.671. The lowest BCUT2D eigenvalue weighted by Gasteiger charge is -2.06. The second-order valence-corrected chi connectivity index (χ2v) is 5.55. The predicted molar refractivity (Wildman–Crippen MR) is 90.3 cm³/mol. The Kier molecular flexibility index (Phi) is 4.56. The minimum atomic E-state index is 0.671. The molecule has 0 spiro atoms. The summed E-state index contributed by atoms with van der Waals surface area (Å²) in [6.07, 6.45) is 0. The monoisotopic (exact) mass is 311 g/mol. The number of rotatable bonds is 5. The maximum absolute atomic E-state index is 6.51. The highest BCUT2D eigenvalue weighted by atomic mass is 35.5. The lowest BCUT2D eigenvalue weighted by Crippen LogP contribution is -2.13. The molecule has 3 aromatic rings. The van der Waals surface area contributed by atoms with E-state index in [1.165, 1.54) is 5.56 Å². The largest absolute Gasteiger partial charge is 0.308 e. The van der Waals surface area contributed by atoms with E-state index in [-0.39, 0.29) is 0 Å². The summed E-state index contributed by atoms with van der Waals surface area (Å²) >= 11 is 6.51. The number of nitrogens with zero attached hydrogens (tertiary/aromatic N) is 2. The molecule has 0 atom stereocenters. The van der Waals surface area contributed by atoms with E-state index in [0.717, 1.165) is 23.5 Å². The summed E-state index contributed by atoms with van der Waals surface area (Å²) < 4.78 is 1.79. The molecule has 0 bridgehead atoms. The van der Waals surface area contributed by atoms with Crippen molar-refractivity contribution >= 4 is 11.6 Å². The Morgan fingerprint density at radius 2 is 1.59 bits per heavy atom. The molecule has 1 aromatic heterocycles. The Labute approximate surface area is 135 Å². The van der Waals surface area contributed by atoms with E-state index < -0.39 is 0 Å². The van der Waals surface area contributed by atoms with Crippen LogP contribution in [0.3, 0.4) is 0 Å². The predicted octanol–water partition coefficient (Wildman–Crippen LogP) is 4.12. The van der Waals surface area contributed by atoms with Gasteiger partial charge in [-0.2, -0.15) is 5.10 Å². The smallest absolute Gasteiger partial charge is 0.137 e. The van der Waals surface area contributed by atoms with Gasteiger partial charge in [0.15, 0.2) is 0 Å². The average Bonchev–Trinajstić information content (AvgIpc) is 2.85. The molecule has 0 amide bonds. The zero-order chi connectivity index (χ0) is 15.4. The molecular formula is C18H18ClN3. The van der Waals surface area contributed by atoms with Crippen LogP contribution in [0.1, 0.15) is 16.8 Å². The van der Waals surface area contributed by atoms with Crippen LogP contribution in [0, 0.1) is 6.92 Å². The Balaban J connectivity index is 1.73. The van der Waals surface area contributed by atoms with E-state index in [9.17, 15) is 0 Å². The van der Waals surface area contributed by atoms with Crippen LogP contribution in [0.2, 0.25) is 5.15 Å². The van der Waals surface area contributed by atoms with Gasteiger partial charge < -0.3 is 5.32 Å². The average molecular weight is 312 g/mol. The molecule has 3 nitrogen and oxygen atoms in total. The van der Waals surface area contributed by atoms with E-state index in [1.54, 1.807) is 4.68 Å². The van der Waals surface area contributed by atoms with Gasteiger partial charge in [0.2, 0.25) is 0 Å². The normalized spacial score (nSPS) is 10.8. The second-order valence-electron chi connectivity index (χ2n) is 5.19. The number of halogens is 1. The molecule has 4 heteroatoms. The summed E-state index contributed by atoms with van der Waals surface area (Å²) in [5.74, 6) is 0. The van der Waals surface area contributed by atoms with Crippen LogP contribution < -0.4 is 5.32 Å². The van der Waals surface area contributed by atoms with Crippen LogP contribution in [0.5, 0.6) is 0 Å². The van der Waals surface area contributed by atoms with Gasteiger partial charge in [-0.1, -0.05) is 60.1 Å². The Hall–Kier alpha value is -2.10. The Bertz CT molecular complexity index is 736. The number of hydrogen-bond donors (Lipinski definition) is 1. The van der Waals surface area contributed by atoms with E-state index in [4.69, 9.17) is 11.6 Å². The maximum Gasteiger partial charge on any atom is 0.137 e. The highest BCUT2D eigenvalue weighted by molar-refractivity contribution is 6.30. The van der Waals surface area contributed by atoms with Crippen LogP contribution in [-0.2, 0) is 13.1 Å². The van der Waals surface area contributed by atoms with Gasteiger partial charge in [0.25, 0.3) is 0 Å². The molecule has 0 saturated heterocycles. The standard InChI is InChI=1S/C18H18ClN3/c1-14-17(13-20-12-15-8-4-2-5-9-15)18(19)22(21-14)16-10-6-3-7-11-16/h2-11,20H,12-13H2,1H3. The van der Waals surface area contributed by atoms with E-state index in [2.05, 4.69) is 22.5 Å². The first-order chi connectivity index (χ1) is 10.8. The van der Waals surface area contributed by atoms with E-state index in [0.29, 0.717) is 11.7 Å².